The highest BCUT2D eigenvalue weighted by Crippen LogP contribution is 2.45. The number of aliphatic hydroxyl groups is 1. The lowest BCUT2D eigenvalue weighted by Crippen LogP contribution is -2.30. The Morgan fingerprint density at radius 3 is 0.944 bits per heavy atom. The van der Waals surface area contributed by atoms with Gasteiger partial charge in [-0.1, -0.05) is 202 Å². The molecule has 0 heterocycles. The molecule has 0 spiro atoms. The van der Waals surface area contributed by atoms with Gasteiger partial charge in [0.1, 0.15) is 19.3 Å². The number of phosphoric acid groups is 2. The van der Waals surface area contributed by atoms with Crippen LogP contribution in [0.2, 0.25) is 0 Å². The van der Waals surface area contributed by atoms with E-state index in [9.17, 15) is 43.2 Å². The van der Waals surface area contributed by atoms with Crippen LogP contribution in [0.25, 0.3) is 0 Å². The van der Waals surface area contributed by atoms with Gasteiger partial charge in [0.05, 0.1) is 26.4 Å². The summed E-state index contributed by atoms with van der Waals surface area (Å²) in [6.45, 7) is 6.88. The van der Waals surface area contributed by atoms with Crippen LogP contribution < -0.4 is 0 Å². The Labute approximate surface area is 435 Å². The molecule has 0 saturated carbocycles. The minimum Gasteiger partial charge on any atom is -0.462 e. The van der Waals surface area contributed by atoms with Gasteiger partial charge in [-0.05, 0) is 31.6 Å². The van der Waals surface area contributed by atoms with E-state index in [0.29, 0.717) is 31.6 Å². The molecule has 0 aliphatic rings. The summed E-state index contributed by atoms with van der Waals surface area (Å²) < 4.78 is 67.2. The number of phosphoric ester groups is 2. The fourth-order valence-electron chi connectivity index (χ4n) is 7.64. The summed E-state index contributed by atoms with van der Waals surface area (Å²) in [6.07, 6.45) is 27.2. The number of carbonyl (C=O) groups is 4. The van der Waals surface area contributed by atoms with Crippen molar-refractivity contribution in [3.63, 3.8) is 0 Å². The largest absolute Gasteiger partial charge is 0.472 e. The summed E-state index contributed by atoms with van der Waals surface area (Å²) >= 11 is 0. The van der Waals surface area contributed by atoms with E-state index in [1.54, 1.807) is 0 Å². The van der Waals surface area contributed by atoms with Crippen molar-refractivity contribution < 1.29 is 80.2 Å². The molecule has 72 heavy (non-hydrogen) atoms. The van der Waals surface area contributed by atoms with Gasteiger partial charge in [-0.15, -0.1) is 0 Å². The molecule has 0 fully saturated rings. The van der Waals surface area contributed by atoms with Crippen LogP contribution in [0.5, 0.6) is 0 Å². The maximum Gasteiger partial charge on any atom is 0.472 e. The van der Waals surface area contributed by atoms with Crippen LogP contribution in [0.4, 0.5) is 0 Å². The zero-order valence-electron chi connectivity index (χ0n) is 45.5. The lowest BCUT2D eigenvalue weighted by Gasteiger charge is -2.21. The second kappa shape index (κ2) is 47.5. The van der Waals surface area contributed by atoms with Gasteiger partial charge in [0.2, 0.25) is 0 Å². The number of hydrogen-bond donors (Lipinski definition) is 3. The van der Waals surface area contributed by atoms with E-state index in [2.05, 4.69) is 34.6 Å². The van der Waals surface area contributed by atoms with E-state index in [0.717, 1.165) is 116 Å². The third-order valence-electron chi connectivity index (χ3n) is 12.0. The predicted molar refractivity (Wildman–Crippen MR) is 280 cm³/mol. The number of esters is 4. The number of rotatable bonds is 53. The Morgan fingerprint density at radius 1 is 0.375 bits per heavy atom. The van der Waals surface area contributed by atoms with Crippen LogP contribution in [0, 0.1) is 5.92 Å². The normalized spacial score (nSPS) is 14.6. The Bertz CT molecular complexity index is 1430. The molecule has 0 aliphatic carbocycles. The maximum atomic E-state index is 12.9. The highest BCUT2D eigenvalue weighted by atomic mass is 31.2. The average molecular weight is 1070 g/mol. The van der Waals surface area contributed by atoms with Crippen LogP contribution in [-0.4, -0.2) is 96.7 Å². The summed E-state index contributed by atoms with van der Waals surface area (Å²) in [4.78, 5) is 71.2. The second-order valence-corrected chi connectivity index (χ2v) is 22.6. The number of unbranched alkanes of at least 4 members (excludes halogenated alkanes) is 25. The van der Waals surface area contributed by atoms with Crippen LogP contribution in [0.15, 0.2) is 0 Å². The first kappa shape index (κ1) is 70.1. The second-order valence-electron chi connectivity index (χ2n) is 19.7. The van der Waals surface area contributed by atoms with E-state index in [-0.39, 0.29) is 25.7 Å². The molecule has 0 aromatic rings. The van der Waals surface area contributed by atoms with Crippen molar-refractivity contribution in [1.29, 1.82) is 0 Å². The summed E-state index contributed by atoms with van der Waals surface area (Å²) in [5.74, 6) is -1.49. The third kappa shape index (κ3) is 47.8. The van der Waals surface area contributed by atoms with Crippen molar-refractivity contribution in [3.05, 3.63) is 0 Å². The summed E-state index contributed by atoms with van der Waals surface area (Å²) in [6, 6.07) is 0. The summed E-state index contributed by atoms with van der Waals surface area (Å²) in [7, 11) is -9.85. The highest BCUT2D eigenvalue weighted by Gasteiger charge is 2.30. The van der Waals surface area contributed by atoms with E-state index >= 15 is 0 Å². The number of ether oxygens (including phenoxy) is 4. The van der Waals surface area contributed by atoms with Crippen LogP contribution in [0.1, 0.15) is 253 Å². The molecular formula is C53H102O17P2. The first-order chi connectivity index (χ1) is 34.5. The molecule has 2 unspecified atom stereocenters. The molecule has 17 nitrogen and oxygen atoms in total. The van der Waals surface area contributed by atoms with Gasteiger partial charge < -0.3 is 33.8 Å². The molecule has 5 atom stereocenters. The molecule has 0 aliphatic heterocycles. The minimum absolute atomic E-state index is 0.102. The van der Waals surface area contributed by atoms with E-state index in [1.807, 2.05) is 0 Å². The first-order valence-electron chi connectivity index (χ1n) is 28.1. The monoisotopic (exact) mass is 1070 g/mol. The Hall–Kier alpha value is -1.94. The standard InChI is InChI=1S/C53H102O17P2/c1-6-9-12-15-17-18-19-20-22-29-34-39-53(58)70-49(43-64-51(56)37-32-27-24-23-26-30-35-46(4)5)45-68-72(61,62)66-41-47(54)40-65-71(59,60)67-44-48(42-63-50(55)36-31-25-14-11-8-3)69-52(57)38-33-28-21-16-13-10-7-2/h46-49,54H,6-45H2,1-5H3,(H,59,60)(H,61,62)/t47-,48+,49+/m0/s1. The molecule has 19 heteroatoms. The molecule has 0 bridgehead atoms. The molecule has 0 aromatic carbocycles. The molecule has 0 saturated heterocycles. The van der Waals surface area contributed by atoms with Crippen molar-refractivity contribution in [3.8, 4) is 0 Å². The van der Waals surface area contributed by atoms with Gasteiger partial charge in [-0.3, -0.25) is 37.3 Å². The minimum atomic E-state index is -4.93. The van der Waals surface area contributed by atoms with Gasteiger partial charge in [0.25, 0.3) is 0 Å². The molecule has 0 radical (unpaired) electrons. The highest BCUT2D eigenvalue weighted by molar-refractivity contribution is 7.47. The number of hydrogen-bond acceptors (Lipinski definition) is 15. The zero-order chi connectivity index (χ0) is 53.6. The van der Waals surface area contributed by atoms with E-state index in [1.165, 1.54) is 51.4 Å². The SMILES string of the molecule is CCCCCCCCCCCCCC(=O)O[C@H](COC(=O)CCCCCCCCC(C)C)COP(=O)(O)OC[C@@H](O)COP(=O)(O)OC[C@@H](COC(=O)CCCCCCC)OC(=O)CCCCCCCCC. The molecule has 3 N–H and O–H groups in total. The number of carbonyl (C=O) groups excluding carboxylic acids is 4. The number of aliphatic hydroxyl groups excluding tert-OH is 1. The van der Waals surface area contributed by atoms with E-state index < -0.39 is 97.5 Å². The van der Waals surface area contributed by atoms with Crippen molar-refractivity contribution in [2.45, 2.75) is 271 Å². The van der Waals surface area contributed by atoms with Gasteiger partial charge >= 0.3 is 39.5 Å². The quantitative estimate of drug-likeness (QED) is 0.0222. The maximum absolute atomic E-state index is 12.9. The van der Waals surface area contributed by atoms with Crippen molar-refractivity contribution in [2.75, 3.05) is 39.6 Å². The summed E-state index contributed by atoms with van der Waals surface area (Å²) in [5.41, 5.74) is 0. The van der Waals surface area contributed by atoms with Crippen molar-refractivity contribution in [1.82, 2.24) is 0 Å². The Kier molecular flexibility index (Phi) is 46.2. The lowest BCUT2D eigenvalue weighted by atomic mass is 10.0. The Balaban J connectivity index is 5.18. The van der Waals surface area contributed by atoms with E-state index in [4.69, 9.17) is 37.0 Å². The molecule has 0 rings (SSSR count). The lowest BCUT2D eigenvalue weighted by molar-refractivity contribution is -0.161. The fraction of sp³-hybridized carbons (Fsp3) is 0.925. The third-order valence-corrected chi connectivity index (χ3v) is 13.9. The van der Waals surface area contributed by atoms with Crippen molar-refractivity contribution in [2.24, 2.45) is 5.92 Å². The van der Waals surface area contributed by atoms with Crippen LogP contribution >= 0.6 is 15.6 Å². The molecule has 426 valence electrons. The van der Waals surface area contributed by atoms with Crippen molar-refractivity contribution >= 4 is 39.5 Å². The molecule has 0 aromatic heterocycles. The summed E-state index contributed by atoms with van der Waals surface area (Å²) in [5, 5.41) is 10.4. The first-order valence-corrected chi connectivity index (χ1v) is 31.1. The van der Waals surface area contributed by atoms with Crippen LogP contribution in [-0.2, 0) is 65.4 Å². The molecular weight excluding hydrogens is 971 g/mol. The Morgan fingerprint density at radius 2 is 0.639 bits per heavy atom. The van der Waals surface area contributed by atoms with Gasteiger partial charge in [0, 0.05) is 25.7 Å². The van der Waals surface area contributed by atoms with Gasteiger partial charge in [-0.2, -0.15) is 0 Å². The van der Waals surface area contributed by atoms with Crippen LogP contribution in [0.3, 0.4) is 0 Å². The zero-order valence-corrected chi connectivity index (χ0v) is 47.3. The van der Waals surface area contributed by atoms with Gasteiger partial charge in [-0.25, -0.2) is 9.13 Å². The predicted octanol–water partition coefficient (Wildman–Crippen LogP) is 13.5. The average Bonchev–Trinajstić information content (AvgIpc) is 3.34. The fourth-order valence-corrected chi connectivity index (χ4v) is 9.22. The smallest absolute Gasteiger partial charge is 0.462 e. The topological polar surface area (TPSA) is 237 Å². The van der Waals surface area contributed by atoms with Gasteiger partial charge in [0.15, 0.2) is 12.2 Å². The molecule has 0 amide bonds.